The van der Waals surface area contributed by atoms with Gasteiger partial charge in [-0.05, 0) is 24.8 Å². The first-order valence-corrected chi connectivity index (χ1v) is 5.74. The zero-order chi connectivity index (χ0) is 11.4. The molecule has 0 saturated heterocycles. The van der Waals surface area contributed by atoms with E-state index in [1.165, 1.54) is 0 Å². The van der Waals surface area contributed by atoms with Gasteiger partial charge in [0.15, 0.2) is 0 Å². The van der Waals surface area contributed by atoms with Crippen LogP contribution < -0.4 is 5.32 Å². The van der Waals surface area contributed by atoms with Gasteiger partial charge in [0.1, 0.15) is 0 Å². The average Bonchev–Trinajstić information content (AvgIpc) is 3.12. The van der Waals surface area contributed by atoms with Crippen molar-refractivity contribution in [2.75, 3.05) is 6.54 Å². The van der Waals surface area contributed by atoms with E-state index in [2.05, 4.69) is 11.9 Å². The van der Waals surface area contributed by atoms with E-state index < -0.39 is 0 Å². The lowest BCUT2D eigenvalue weighted by Crippen LogP contribution is -2.35. The minimum Gasteiger partial charge on any atom is -0.355 e. The lowest BCUT2D eigenvalue weighted by Gasteiger charge is -2.15. The summed E-state index contributed by atoms with van der Waals surface area (Å²) in [6.45, 7) is 4.33. The molecule has 1 N–H and O–H groups in total. The summed E-state index contributed by atoms with van der Waals surface area (Å²) in [6.07, 6.45) is 4.59. The van der Waals surface area contributed by atoms with Crippen molar-refractivity contribution >= 4 is 5.91 Å². The lowest BCUT2D eigenvalue weighted by atomic mass is 9.95. The largest absolute Gasteiger partial charge is 0.355 e. The molecule has 2 rings (SSSR count). The van der Waals surface area contributed by atoms with E-state index in [1.807, 2.05) is 36.4 Å². The van der Waals surface area contributed by atoms with E-state index in [-0.39, 0.29) is 11.3 Å². The molecule has 2 heteroatoms. The smallest absolute Gasteiger partial charge is 0.230 e. The van der Waals surface area contributed by atoms with Crippen molar-refractivity contribution in [1.82, 2.24) is 5.32 Å². The Labute approximate surface area is 96.4 Å². The summed E-state index contributed by atoms with van der Waals surface area (Å²) in [5.41, 5.74) is 0.911. The minimum absolute atomic E-state index is 0.167. The minimum atomic E-state index is -0.234. The van der Waals surface area contributed by atoms with Crippen LogP contribution >= 0.6 is 0 Å². The van der Waals surface area contributed by atoms with Crippen molar-refractivity contribution < 1.29 is 4.79 Å². The maximum atomic E-state index is 12.1. The van der Waals surface area contributed by atoms with Gasteiger partial charge < -0.3 is 5.32 Å². The van der Waals surface area contributed by atoms with Crippen molar-refractivity contribution in [3.05, 3.63) is 48.6 Å². The van der Waals surface area contributed by atoms with Gasteiger partial charge >= 0.3 is 0 Å². The molecule has 0 unspecified atom stereocenters. The number of carbonyl (C=O) groups excluding carboxylic acids is 1. The molecule has 0 spiro atoms. The quantitative estimate of drug-likeness (QED) is 0.593. The van der Waals surface area contributed by atoms with Crippen LogP contribution in [0.5, 0.6) is 0 Å². The molecule has 0 bridgehead atoms. The molecule has 1 aliphatic rings. The summed E-state index contributed by atoms with van der Waals surface area (Å²) in [5, 5.41) is 2.97. The van der Waals surface area contributed by atoms with E-state index in [0.717, 1.165) is 24.8 Å². The van der Waals surface area contributed by atoms with Crippen LogP contribution in [0.25, 0.3) is 0 Å². The van der Waals surface area contributed by atoms with Gasteiger partial charge in [-0.25, -0.2) is 0 Å². The summed E-state index contributed by atoms with van der Waals surface area (Å²) < 4.78 is 0. The number of benzene rings is 1. The highest BCUT2D eigenvalue weighted by atomic mass is 16.2. The predicted octanol–water partition coefficient (Wildman–Crippen LogP) is 2.41. The van der Waals surface area contributed by atoms with Crippen molar-refractivity contribution in [3.63, 3.8) is 0 Å². The van der Waals surface area contributed by atoms with Gasteiger partial charge in [0.2, 0.25) is 5.91 Å². The molecule has 84 valence electrons. The number of hydrogen-bond acceptors (Lipinski definition) is 1. The SMILES string of the molecule is C=CCCNC(=O)C1(c2ccccc2)CC1. The van der Waals surface area contributed by atoms with Crippen molar-refractivity contribution in [2.24, 2.45) is 0 Å². The molecule has 0 aromatic heterocycles. The fourth-order valence-corrected chi connectivity index (χ4v) is 1.99. The molecule has 0 heterocycles. The predicted molar refractivity (Wildman–Crippen MR) is 65.2 cm³/mol. The zero-order valence-electron chi connectivity index (χ0n) is 9.41. The second kappa shape index (κ2) is 4.52. The molecule has 0 aliphatic heterocycles. The molecule has 0 radical (unpaired) electrons. The first kappa shape index (κ1) is 10.9. The number of carbonyl (C=O) groups is 1. The highest BCUT2D eigenvalue weighted by Gasteiger charge is 2.50. The fourth-order valence-electron chi connectivity index (χ4n) is 1.99. The third kappa shape index (κ3) is 2.01. The summed E-state index contributed by atoms with van der Waals surface area (Å²) in [7, 11) is 0. The standard InChI is InChI=1S/C14H17NO/c1-2-3-11-15-13(16)14(9-10-14)12-7-5-4-6-8-12/h2,4-8H,1,3,9-11H2,(H,15,16). The maximum absolute atomic E-state index is 12.1. The number of amides is 1. The lowest BCUT2D eigenvalue weighted by molar-refractivity contribution is -0.123. The third-order valence-electron chi connectivity index (χ3n) is 3.15. The molecule has 16 heavy (non-hydrogen) atoms. The fraction of sp³-hybridized carbons (Fsp3) is 0.357. The summed E-state index contributed by atoms with van der Waals surface area (Å²) >= 11 is 0. The van der Waals surface area contributed by atoms with Crippen LogP contribution in [0.15, 0.2) is 43.0 Å². The molecule has 1 amide bonds. The van der Waals surface area contributed by atoms with Gasteiger partial charge in [-0.3, -0.25) is 4.79 Å². The summed E-state index contributed by atoms with van der Waals surface area (Å²) in [6, 6.07) is 10.0. The topological polar surface area (TPSA) is 29.1 Å². The van der Waals surface area contributed by atoms with Crippen LogP contribution in [-0.2, 0) is 10.2 Å². The van der Waals surface area contributed by atoms with Gasteiger partial charge in [-0.1, -0.05) is 36.4 Å². The van der Waals surface area contributed by atoms with Crippen molar-refractivity contribution in [2.45, 2.75) is 24.7 Å². The molecular formula is C14H17NO. The van der Waals surface area contributed by atoms with Gasteiger partial charge in [0.25, 0.3) is 0 Å². The Kier molecular flexibility index (Phi) is 3.09. The van der Waals surface area contributed by atoms with Gasteiger partial charge in [0.05, 0.1) is 5.41 Å². The molecule has 2 nitrogen and oxygen atoms in total. The van der Waals surface area contributed by atoms with Gasteiger partial charge in [0, 0.05) is 6.54 Å². The van der Waals surface area contributed by atoms with Crippen LogP contribution in [0.3, 0.4) is 0 Å². The van der Waals surface area contributed by atoms with Crippen LogP contribution in [0.1, 0.15) is 24.8 Å². The van der Waals surface area contributed by atoms with Crippen LogP contribution in [-0.4, -0.2) is 12.5 Å². The molecule has 1 saturated carbocycles. The van der Waals surface area contributed by atoms with E-state index in [9.17, 15) is 4.79 Å². The Morgan fingerprint density at radius 3 is 2.62 bits per heavy atom. The second-order valence-corrected chi connectivity index (χ2v) is 4.28. The van der Waals surface area contributed by atoms with E-state index in [1.54, 1.807) is 0 Å². The Bertz CT molecular complexity index is 379. The van der Waals surface area contributed by atoms with E-state index in [4.69, 9.17) is 0 Å². The molecule has 1 aromatic rings. The van der Waals surface area contributed by atoms with Crippen LogP contribution in [0.2, 0.25) is 0 Å². The first-order valence-electron chi connectivity index (χ1n) is 5.74. The van der Waals surface area contributed by atoms with E-state index in [0.29, 0.717) is 6.54 Å². The Morgan fingerprint density at radius 2 is 2.06 bits per heavy atom. The number of rotatable bonds is 5. The molecule has 1 fully saturated rings. The first-order chi connectivity index (χ1) is 7.79. The molecule has 0 atom stereocenters. The average molecular weight is 215 g/mol. The molecule has 1 aliphatic carbocycles. The highest BCUT2D eigenvalue weighted by molar-refractivity contribution is 5.91. The summed E-state index contributed by atoms with van der Waals surface area (Å²) in [4.78, 5) is 12.1. The third-order valence-corrected chi connectivity index (χ3v) is 3.15. The Balaban J connectivity index is 2.03. The zero-order valence-corrected chi connectivity index (χ0v) is 9.41. The summed E-state index contributed by atoms with van der Waals surface area (Å²) in [5.74, 6) is 0.167. The highest BCUT2D eigenvalue weighted by Crippen LogP contribution is 2.48. The van der Waals surface area contributed by atoms with E-state index >= 15 is 0 Å². The van der Waals surface area contributed by atoms with Crippen LogP contribution in [0, 0.1) is 0 Å². The molecular weight excluding hydrogens is 198 g/mol. The Hall–Kier alpha value is -1.57. The second-order valence-electron chi connectivity index (χ2n) is 4.28. The normalized spacial score (nSPS) is 16.5. The Morgan fingerprint density at radius 1 is 1.38 bits per heavy atom. The monoisotopic (exact) mass is 215 g/mol. The number of nitrogens with one attached hydrogen (secondary N) is 1. The van der Waals surface area contributed by atoms with Crippen molar-refractivity contribution in [3.8, 4) is 0 Å². The van der Waals surface area contributed by atoms with Gasteiger partial charge in [-0.2, -0.15) is 0 Å². The maximum Gasteiger partial charge on any atom is 0.230 e. The van der Waals surface area contributed by atoms with Gasteiger partial charge in [-0.15, -0.1) is 6.58 Å². The number of hydrogen-bond donors (Lipinski definition) is 1. The van der Waals surface area contributed by atoms with Crippen molar-refractivity contribution in [1.29, 1.82) is 0 Å². The molecule has 1 aromatic carbocycles. The van der Waals surface area contributed by atoms with Crippen LogP contribution in [0.4, 0.5) is 0 Å².